The van der Waals surface area contributed by atoms with E-state index in [2.05, 4.69) is 16.8 Å². The van der Waals surface area contributed by atoms with Crippen LogP contribution in [-0.2, 0) is 20.9 Å². The van der Waals surface area contributed by atoms with Crippen molar-refractivity contribution in [3.8, 4) is 11.5 Å². The molecule has 3 aliphatic rings. The van der Waals surface area contributed by atoms with Crippen molar-refractivity contribution in [1.29, 1.82) is 0 Å². The Morgan fingerprint density at radius 2 is 2.02 bits per heavy atom. The summed E-state index contributed by atoms with van der Waals surface area (Å²) in [6.45, 7) is 7.08. The number of methoxy groups -OCH3 is 1. The van der Waals surface area contributed by atoms with Gasteiger partial charge in [-0.2, -0.15) is 0 Å². The highest BCUT2D eigenvalue weighted by atomic mass is 16.5. The van der Waals surface area contributed by atoms with Crippen LogP contribution in [0.15, 0.2) is 36.4 Å². The highest BCUT2D eigenvalue weighted by Crippen LogP contribution is 2.51. The zero-order valence-electron chi connectivity index (χ0n) is 23.8. The number of allylic oxidation sites excluding steroid dienone is 1. The van der Waals surface area contributed by atoms with E-state index < -0.39 is 30.1 Å². The number of amides is 2. The second-order valence-corrected chi connectivity index (χ2v) is 10.6. The molecule has 1 aromatic rings. The van der Waals surface area contributed by atoms with Gasteiger partial charge in [0.25, 0.3) is 0 Å². The molecule has 0 aromatic heterocycles. The monoisotopic (exact) mass is 573 g/mol. The van der Waals surface area contributed by atoms with Gasteiger partial charge in [0, 0.05) is 50.3 Å². The van der Waals surface area contributed by atoms with E-state index in [-0.39, 0.29) is 25.7 Å². The van der Waals surface area contributed by atoms with Gasteiger partial charge < -0.3 is 39.7 Å². The fourth-order valence-corrected chi connectivity index (χ4v) is 5.84. The summed E-state index contributed by atoms with van der Waals surface area (Å²) in [5.74, 6) is -0.383. The van der Waals surface area contributed by atoms with Crippen molar-refractivity contribution in [3.05, 3.63) is 47.6 Å². The Hall–Kier alpha value is -2.96. The Kier molecular flexibility index (Phi) is 11.2. The third-order valence-electron chi connectivity index (χ3n) is 7.98. The van der Waals surface area contributed by atoms with E-state index in [4.69, 9.17) is 14.2 Å². The van der Waals surface area contributed by atoms with E-state index in [1.807, 2.05) is 6.08 Å². The zero-order valence-corrected chi connectivity index (χ0v) is 23.8. The molecule has 2 aliphatic heterocycles. The van der Waals surface area contributed by atoms with E-state index in [9.17, 15) is 24.9 Å². The average Bonchev–Trinajstić information content (AvgIpc) is 3.39. The lowest BCUT2D eigenvalue weighted by molar-refractivity contribution is -0.137. The molecule has 1 aliphatic carbocycles. The van der Waals surface area contributed by atoms with Crippen molar-refractivity contribution in [2.24, 2.45) is 0 Å². The average molecular weight is 574 g/mol. The fraction of sp³-hybridized carbons (Fsp3) is 0.600. The number of morpholine rings is 1. The highest BCUT2D eigenvalue weighted by Gasteiger charge is 2.51. The molecule has 41 heavy (non-hydrogen) atoms. The van der Waals surface area contributed by atoms with Crippen LogP contribution in [0, 0.1) is 0 Å². The molecule has 0 saturated carbocycles. The van der Waals surface area contributed by atoms with Gasteiger partial charge in [0.2, 0.25) is 11.8 Å². The molecule has 1 aromatic carbocycles. The summed E-state index contributed by atoms with van der Waals surface area (Å²) < 4.78 is 17.3. The summed E-state index contributed by atoms with van der Waals surface area (Å²) in [7, 11) is 1.49. The van der Waals surface area contributed by atoms with Gasteiger partial charge in [-0.25, -0.2) is 0 Å². The van der Waals surface area contributed by atoms with E-state index in [0.29, 0.717) is 67.3 Å². The van der Waals surface area contributed by atoms with E-state index in [1.54, 1.807) is 23.1 Å². The molecule has 0 radical (unpaired) electrons. The van der Waals surface area contributed by atoms with E-state index in [1.165, 1.54) is 7.11 Å². The predicted octanol–water partition coefficient (Wildman–Crippen LogP) is 0.717. The molecule has 11 heteroatoms. The SMILES string of the molecule is C=CCCCCC(=O)N(CCN1CCOCC1)[C@@H]1C=C(C(=O)NCCO)[C@@H]2c3cc(CO)cc(OC)c3O[C@@H]2[C@H]1O. The van der Waals surface area contributed by atoms with Crippen LogP contribution in [0.4, 0.5) is 0 Å². The summed E-state index contributed by atoms with van der Waals surface area (Å²) in [5, 5.41) is 33.7. The lowest BCUT2D eigenvalue weighted by Gasteiger charge is -2.41. The topological polar surface area (TPSA) is 141 Å². The largest absolute Gasteiger partial charge is 0.493 e. The third kappa shape index (κ3) is 7.10. The number of hydrogen-bond acceptors (Lipinski definition) is 9. The number of nitrogens with zero attached hydrogens (tertiary/aromatic N) is 2. The first-order valence-corrected chi connectivity index (χ1v) is 14.4. The van der Waals surface area contributed by atoms with Crippen molar-refractivity contribution in [2.45, 2.75) is 56.5 Å². The van der Waals surface area contributed by atoms with Gasteiger partial charge in [-0.1, -0.05) is 6.08 Å². The maximum Gasteiger partial charge on any atom is 0.247 e. The van der Waals surface area contributed by atoms with Gasteiger partial charge in [0.15, 0.2) is 11.5 Å². The number of nitrogens with one attached hydrogen (secondary N) is 1. The van der Waals surface area contributed by atoms with Crippen molar-refractivity contribution in [1.82, 2.24) is 15.1 Å². The van der Waals surface area contributed by atoms with Crippen LogP contribution < -0.4 is 14.8 Å². The second kappa shape index (κ2) is 14.8. The minimum Gasteiger partial charge on any atom is -0.493 e. The Morgan fingerprint density at radius 1 is 1.24 bits per heavy atom. The van der Waals surface area contributed by atoms with Crippen LogP contribution in [0.25, 0.3) is 0 Å². The van der Waals surface area contributed by atoms with Gasteiger partial charge in [0.05, 0.1) is 45.5 Å². The Morgan fingerprint density at radius 3 is 2.71 bits per heavy atom. The summed E-state index contributed by atoms with van der Waals surface area (Å²) in [6.07, 6.45) is 4.15. The number of carbonyl (C=O) groups is 2. The van der Waals surface area contributed by atoms with Crippen molar-refractivity contribution >= 4 is 11.8 Å². The minimum absolute atomic E-state index is 0.0531. The molecule has 4 N–H and O–H groups in total. The summed E-state index contributed by atoms with van der Waals surface area (Å²) in [4.78, 5) is 31.0. The zero-order chi connectivity index (χ0) is 29.4. The van der Waals surface area contributed by atoms with Crippen LogP contribution in [0.1, 0.15) is 42.7 Å². The quantitative estimate of drug-likeness (QED) is 0.187. The number of ether oxygens (including phenoxy) is 3. The number of benzene rings is 1. The van der Waals surface area contributed by atoms with Crippen LogP contribution in [0.2, 0.25) is 0 Å². The maximum atomic E-state index is 13.7. The number of hydrogen-bond donors (Lipinski definition) is 4. The Labute approximate surface area is 241 Å². The number of fused-ring (bicyclic) bond motifs is 3. The molecule has 4 rings (SSSR count). The highest BCUT2D eigenvalue weighted by molar-refractivity contribution is 5.96. The first-order valence-electron chi connectivity index (χ1n) is 14.4. The number of unbranched alkanes of at least 4 members (excludes halogenated alkanes) is 2. The van der Waals surface area contributed by atoms with Crippen molar-refractivity contribution < 1.29 is 39.1 Å². The molecule has 226 valence electrons. The molecule has 1 saturated heterocycles. The first-order chi connectivity index (χ1) is 19.9. The fourth-order valence-electron chi connectivity index (χ4n) is 5.84. The normalized spacial score (nSPS) is 23.6. The molecule has 0 unspecified atom stereocenters. The van der Waals surface area contributed by atoms with Crippen LogP contribution in [0.5, 0.6) is 11.5 Å². The van der Waals surface area contributed by atoms with Gasteiger partial charge in [-0.15, -0.1) is 6.58 Å². The van der Waals surface area contributed by atoms with E-state index >= 15 is 0 Å². The Balaban J connectivity index is 1.70. The number of aliphatic hydroxyl groups is 3. The van der Waals surface area contributed by atoms with Gasteiger partial charge in [-0.3, -0.25) is 14.5 Å². The minimum atomic E-state index is -1.13. The van der Waals surface area contributed by atoms with Crippen LogP contribution in [0.3, 0.4) is 0 Å². The van der Waals surface area contributed by atoms with Crippen molar-refractivity contribution in [2.75, 3.05) is 59.7 Å². The molecule has 2 amide bonds. The molecule has 4 atom stereocenters. The summed E-state index contributed by atoms with van der Waals surface area (Å²) in [6, 6.07) is 2.61. The molecule has 1 fully saturated rings. The Bertz CT molecular complexity index is 1100. The lowest BCUT2D eigenvalue weighted by Crippen LogP contribution is -2.57. The van der Waals surface area contributed by atoms with Crippen LogP contribution >= 0.6 is 0 Å². The maximum absolute atomic E-state index is 13.7. The number of carbonyl (C=O) groups excluding carboxylic acids is 2. The molecule has 2 heterocycles. The van der Waals surface area contributed by atoms with Gasteiger partial charge in [-0.05, 0) is 43.0 Å². The van der Waals surface area contributed by atoms with Crippen molar-refractivity contribution in [3.63, 3.8) is 0 Å². The van der Waals surface area contributed by atoms with Gasteiger partial charge in [0.1, 0.15) is 12.2 Å². The first kappa shape index (κ1) is 31.0. The van der Waals surface area contributed by atoms with Crippen LogP contribution in [-0.4, -0.2) is 115 Å². The summed E-state index contributed by atoms with van der Waals surface area (Å²) >= 11 is 0. The smallest absolute Gasteiger partial charge is 0.247 e. The molecular weight excluding hydrogens is 530 g/mol. The molecule has 0 spiro atoms. The second-order valence-electron chi connectivity index (χ2n) is 10.6. The molecule has 0 bridgehead atoms. The predicted molar refractivity (Wildman–Crippen MR) is 152 cm³/mol. The molecular formula is C30H43N3O8. The van der Waals surface area contributed by atoms with Gasteiger partial charge >= 0.3 is 0 Å². The summed E-state index contributed by atoms with van der Waals surface area (Å²) in [5.41, 5.74) is 1.54. The third-order valence-corrected chi connectivity index (χ3v) is 7.98. The number of rotatable bonds is 14. The van der Waals surface area contributed by atoms with E-state index in [0.717, 1.165) is 25.9 Å². The number of aliphatic hydroxyl groups excluding tert-OH is 3. The standard InChI is InChI=1S/C30H43N3O8/c1-3-4-5-6-7-25(36)33(10-9-32-11-14-40-15-12-32)23-18-22(30(38)31-8-13-34)26-21-16-20(19-35)17-24(39-2)28(21)41-29(26)27(23)37/h3,16-18,23,26-27,29,34-35,37H,1,4-15,19H2,2H3,(H,31,38)/t23-,26+,27+,29+/m1/s1. The molecule has 11 nitrogen and oxygen atoms in total. The lowest BCUT2D eigenvalue weighted by atomic mass is 9.77.